The van der Waals surface area contributed by atoms with E-state index in [-0.39, 0.29) is 0 Å². The maximum Gasteiger partial charge on any atom is 0.131 e. The maximum absolute atomic E-state index is 6.17. The molecule has 2 aliphatic heterocycles. The fourth-order valence-electron chi connectivity index (χ4n) is 2.01. The third-order valence-corrected chi connectivity index (χ3v) is 3.39. The lowest BCUT2D eigenvalue weighted by molar-refractivity contribution is 0.113. The molecule has 16 heavy (non-hydrogen) atoms. The molecule has 3 nitrogen and oxygen atoms in total. The Hall–Kier alpha value is -0.770. The number of fused-ring (bicyclic) bond motifs is 2. The van der Waals surface area contributed by atoms with Gasteiger partial charge in [-0.25, -0.2) is 4.99 Å². The predicted octanol–water partition coefficient (Wildman–Crippen LogP) is 2.87. The Labute approximate surface area is 104 Å². The molecule has 2 aliphatic rings. The highest BCUT2D eigenvalue weighted by atomic mass is 35.5. The van der Waals surface area contributed by atoms with Gasteiger partial charge in [0, 0.05) is 28.7 Å². The molecule has 2 heterocycles. The highest BCUT2D eigenvalue weighted by molar-refractivity contribution is 6.35. The van der Waals surface area contributed by atoms with E-state index in [0.717, 1.165) is 36.8 Å². The van der Waals surface area contributed by atoms with Crippen molar-refractivity contribution in [2.24, 2.45) is 4.99 Å². The number of amidine groups is 1. The molecule has 1 saturated heterocycles. The van der Waals surface area contributed by atoms with Crippen LogP contribution in [0.1, 0.15) is 5.56 Å². The van der Waals surface area contributed by atoms with Crippen molar-refractivity contribution in [3.05, 3.63) is 27.7 Å². The van der Waals surface area contributed by atoms with E-state index in [1.165, 1.54) is 0 Å². The number of morpholine rings is 1. The van der Waals surface area contributed by atoms with E-state index in [9.17, 15) is 0 Å². The van der Waals surface area contributed by atoms with E-state index in [1.807, 2.05) is 6.07 Å². The van der Waals surface area contributed by atoms with Gasteiger partial charge in [-0.3, -0.25) is 0 Å². The molecule has 0 N–H and O–H groups in total. The minimum Gasteiger partial charge on any atom is -0.372 e. The zero-order valence-electron chi connectivity index (χ0n) is 8.54. The van der Waals surface area contributed by atoms with Crippen molar-refractivity contribution in [2.75, 3.05) is 19.8 Å². The lowest BCUT2D eigenvalue weighted by Gasteiger charge is -2.34. The van der Waals surface area contributed by atoms with Crippen molar-refractivity contribution in [1.82, 2.24) is 4.90 Å². The third-order valence-electron chi connectivity index (χ3n) is 2.84. The van der Waals surface area contributed by atoms with Crippen LogP contribution in [0.3, 0.4) is 0 Å². The minimum absolute atomic E-state index is 0.573. The minimum atomic E-state index is 0.573. The maximum atomic E-state index is 6.17. The quantitative estimate of drug-likeness (QED) is 0.713. The standard InChI is InChI=1S/C11H10Cl2N2O/c12-7-3-9(13)8-5-15-1-2-16-6-11(15)14-10(8)4-7/h3-4H,1-2,5-6H2. The summed E-state index contributed by atoms with van der Waals surface area (Å²) in [6, 6.07) is 3.62. The van der Waals surface area contributed by atoms with Crippen molar-refractivity contribution in [3.8, 4) is 0 Å². The number of halogens is 2. The molecule has 0 saturated carbocycles. The van der Waals surface area contributed by atoms with Gasteiger partial charge in [-0.2, -0.15) is 0 Å². The Balaban J connectivity index is 2.09. The second-order valence-corrected chi connectivity index (χ2v) is 4.73. The zero-order chi connectivity index (χ0) is 11.1. The SMILES string of the molecule is Clc1cc(Cl)c2c(c1)N=C1COCCN1C2. The van der Waals surface area contributed by atoms with Crippen molar-refractivity contribution >= 4 is 34.7 Å². The second-order valence-electron chi connectivity index (χ2n) is 3.89. The largest absolute Gasteiger partial charge is 0.372 e. The molecule has 0 aromatic heterocycles. The van der Waals surface area contributed by atoms with Gasteiger partial charge in [0.15, 0.2) is 0 Å². The lowest BCUT2D eigenvalue weighted by atomic mass is 10.1. The molecule has 1 aromatic carbocycles. The number of ether oxygens (including phenoxy) is 1. The monoisotopic (exact) mass is 256 g/mol. The van der Waals surface area contributed by atoms with Crippen LogP contribution in [0.25, 0.3) is 0 Å². The third kappa shape index (κ3) is 1.69. The number of rotatable bonds is 0. The van der Waals surface area contributed by atoms with Gasteiger partial charge in [0.1, 0.15) is 12.4 Å². The summed E-state index contributed by atoms with van der Waals surface area (Å²) >= 11 is 12.1. The molecule has 0 bridgehead atoms. The van der Waals surface area contributed by atoms with Crippen molar-refractivity contribution in [1.29, 1.82) is 0 Å². The summed E-state index contributed by atoms with van der Waals surface area (Å²) in [6.07, 6.45) is 0. The van der Waals surface area contributed by atoms with E-state index in [1.54, 1.807) is 6.07 Å². The van der Waals surface area contributed by atoms with E-state index >= 15 is 0 Å². The van der Waals surface area contributed by atoms with Gasteiger partial charge in [-0.15, -0.1) is 0 Å². The number of benzene rings is 1. The van der Waals surface area contributed by atoms with Crippen LogP contribution < -0.4 is 0 Å². The average Bonchev–Trinajstić information content (AvgIpc) is 2.27. The van der Waals surface area contributed by atoms with Crippen LogP contribution in [0.15, 0.2) is 17.1 Å². The van der Waals surface area contributed by atoms with Crippen LogP contribution in [0, 0.1) is 0 Å². The molecule has 0 radical (unpaired) electrons. The smallest absolute Gasteiger partial charge is 0.131 e. The summed E-state index contributed by atoms with van der Waals surface area (Å²) in [5.41, 5.74) is 1.92. The van der Waals surface area contributed by atoms with Crippen LogP contribution in [-0.4, -0.2) is 30.5 Å². The molecule has 0 aliphatic carbocycles. The Bertz CT molecular complexity index is 473. The normalized spacial score (nSPS) is 18.9. The molecule has 0 amide bonds. The van der Waals surface area contributed by atoms with Gasteiger partial charge >= 0.3 is 0 Å². The Morgan fingerprint density at radius 2 is 2.19 bits per heavy atom. The van der Waals surface area contributed by atoms with Crippen molar-refractivity contribution in [2.45, 2.75) is 6.54 Å². The molecular formula is C11H10Cl2N2O. The molecule has 0 atom stereocenters. The zero-order valence-corrected chi connectivity index (χ0v) is 10.1. The van der Waals surface area contributed by atoms with Crippen LogP contribution in [0.2, 0.25) is 10.0 Å². The highest BCUT2D eigenvalue weighted by Crippen LogP contribution is 2.35. The summed E-state index contributed by atoms with van der Waals surface area (Å²) in [7, 11) is 0. The van der Waals surface area contributed by atoms with E-state index < -0.39 is 0 Å². The molecule has 84 valence electrons. The average molecular weight is 257 g/mol. The first kappa shape index (κ1) is 10.4. The Morgan fingerprint density at radius 1 is 1.31 bits per heavy atom. The fraction of sp³-hybridized carbons (Fsp3) is 0.364. The first-order valence-electron chi connectivity index (χ1n) is 5.12. The van der Waals surface area contributed by atoms with Gasteiger partial charge in [0.05, 0.1) is 12.3 Å². The number of hydrogen-bond acceptors (Lipinski definition) is 3. The summed E-state index contributed by atoms with van der Waals surface area (Å²) in [6.45, 7) is 2.99. The predicted molar refractivity (Wildman–Crippen MR) is 64.8 cm³/mol. The molecule has 0 unspecified atom stereocenters. The summed E-state index contributed by atoms with van der Waals surface area (Å²) in [4.78, 5) is 6.74. The summed E-state index contributed by atoms with van der Waals surface area (Å²) in [5, 5.41) is 1.31. The molecular weight excluding hydrogens is 247 g/mol. The second kappa shape index (κ2) is 3.91. The van der Waals surface area contributed by atoms with E-state index in [0.29, 0.717) is 16.7 Å². The topological polar surface area (TPSA) is 24.8 Å². The highest BCUT2D eigenvalue weighted by Gasteiger charge is 2.24. The first-order chi connectivity index (χ1) is 7.74. The van der Waals surface area contributed by atoms with Crippen LogP contribution in [0.5, 0.6) is 0 Å². The molecule has 3 rings (SSSR count). The van der Waals surface area contributed by atoms with Gasteiger partial charge in [0.25, 0.3) is 0 Å². The van der Waals surface area contributed by atoms with Crippen molar-refractivity contribution in [3.63, 3.8) is 0 Å². The van der Waals surface area contributed by atoms with E-state index in [2.05, 4.69) is 9.89 Å². The van der Waals surface area contributed by atoms with Crippen LogP contribution in [-0.2, 0) is 11.3 Å². The van der Waals surface area contributed by atoms with Crippen LogP contribution in [0.4, 0.5) is 5.69 Å². The Kier molecular flexibility index (Phi) is 2.54. The number of aliphatic imine (C=N–C) groups is 1. The summed E-state index contributed by atoms with van der Waals surface area (Å²) in [5.74, 6) is 0.970. The van der Waals surface area contributed by atoms with E-state index in [4.69, 9.17) is 27.9 Å². The van der Waals surface area contributed by atoms with Crippen LogP contribution >= 0.6 is 23.2 Å². The molecule has 1 aromatic rings. The lowest BCUT2D eigenvalue weighted by Crippen LogP contribution is -2.42. The number of nitrogens with zero attached hydrogens (tertiary/aromatic N) is 2. The van der Waals surface area contributed by atoms with Gasteiger partial charge in [0.2, 0.25) is 0 Å². The Morgan fingerprint density at radius 3 is 3.06 bits per heavy atom. The van der Waals surface area contributed by atoms with Gasteiger partial charge < -0.3 is 9.64 Å². The van der Waals surface area contributed by atoms with Gasteiger partial charge in [-0.1, -0.05) is 23.2 Å². The first-order valence-corrected chi connectivity index (χ1v) is 5.88. The number of hydrogen-bond donors (Lipinski definition) is 0. The fourth-order valence-corrected chi connectivity index (χ4v) is 2.55. The van der Waals surface area contributed by atoms with Crippen molar-refractivity contribution < 1.29 is 4.74 Å². The molecule has 0 spiro atoms. The molecule has 1 fully saturated rings. The summed E-state index contributed by atoms with van der Waals surface area (Å²) < 4.78 is 5.38. The molecule has 5 heteroatoms. The van der Waals surface area contributed by atoms with Gasteiger partial charge in [-0.05, 0) is 12.1 Å².